The third-order valence-corrected chi connectivity index (χ3v) is 2.73. The van der Waals surface area contributed by atoms with Crippen molar-refractivity contribution in [1.29, 1.82) is 0 Å². The molecule has 78 valence electrons. The first-order valence-corrected chi connectivity index (χ1v) is 5.32. The van der Waals surface area contributed by atoms with Crippen LogP contribution in [0.3, 0.4) is 0 Å². The summed E-state index contributed by atoms with van der Waals surface area (Å²) in [6, 6.07) is 0. The Kier molecular flexibility index (Phi) is 6.87. The van der Waals surface area contributed by atoms with Crippen LogP contribution in [0, 0.1) is 11.8 Å². The Bertz CT molecular complexity index is 145. The van der Waals surface area contributed by atoms with Gasteiger partial charge >= 0.3 is 0 Å². The standard InChI is InChI=1S/C11H23NO/c1-4-5-11(8-12)7-6-9(2)10(3)13/h9,11H,4-8,12H2,1-3H3. The van der Waals surface area contributed by atoms with Gasteiger partial charge in [0.1, 0.15) is 5.78 Å². The lowest BCUT2D eigenvalue weighted by molar-refractivity contribution is -0.120. The molecule has 0 aromatic carbocycles. The van der Waals surface area contributed by atoms with Gasteiger partial charge in [-0.1, -0.05) is 20.3 Å². The molecule has 0 aromatic rings. The Morgan fingerprint density at radius 3 is 2.31 bits per heavy atom. The minimum absolute atomic E-state index is 0.214. The van der Waals surface area contributed by atoms with Crippen LogP contribution in [0.5, 0.6) is 0 Å². The first-order chi connectivity index (χ1) is 6.11. The number of hydrogen-bond acceptors (Lipinski definition) is 2. The van der Waals surface area contributed by atoms with E-state index in [-0.39, 0.29) is 5.92 Å². The molecule has 0 spiro atoms. The highest BCUT2D eigenvalue weighted by atomic mass is 16.1. The Morgan fingerprint density at radius 2 is 1.92 bits per heavy atom. The van der Waals surface area contributed by atoms with Crippen LogP contribution in [0.15, 0.2) is 0 Å². The summed E-state index contributed by atoms with van der Waals surface area (Å²) in [6.45, 7) is 6.61. The average Bonchev–Trinajstić information content (AvgIpc) is 2.11. The predicted molar refractivity (Wildman–Crippen MR) is 56.5 cm³/mol. The van der Waals surface area contributed by atoms with Gasteiger partial charge in [0.05, 0.1) is 0 Å². The van der Waals surface area contributed by atoms with Crippen LogP contribution >= 0.6 is 0 Å². The number of Topliss-reactive ketones (excluding diaryl/α,β-unsaturated/α-hetero) is 1. The summed E-state index contributed by atoms with van der Waals surface area (Å²) in [5.74, 6) is 1.13. The molecule has 0 amide bonds. The third kappa shape index (κ3) is 5.81. The van der Waals surface area contributed by atoms with Crippen molar-refractivity contribution in [3.8, 4) is 0 Å². The van der Waals surface area contributed by atoms with E-state index in [9.17, 15) is 4.79 Å². The number of carbonyl (C=O) groups is 1. The summed E-state index contributed by atoms with van der Waals surface area (Å²) in [4.78, 5) is 11.0. The molecule has 2 unspecified atom stereocenters. The van der Waals surface area contributed by atoms with Gasteiger partial charge in [-0.2, -0.15) is 0 Å². The summed E-state index contributed by atoms with van der Waals surface area (Å²) < 4.78 is 0. The van der Waals surface area contributed by atoms with Crippen LogP contribution in [0.1, 0.15) is 46.5 Å². The van der Waals surface area contributed by atoms with Gasteiger partial charge in [-0.3, -0.25) is 4.79 Å². The van der Waals surface area contributed by atoms with E-state index in [0.29, 0.717) is 11.7 Å². The summed E-state index contributed by atoms with van der Waals surface area (Å²) in [7, 11) is 0. The van der Waals surface area contributed by atoms with Crippen LogP contribution in [-0.2, 0) is 4.79 Å². The molecule has 0 saturated heterocycles. The summed E-state index contributed by atoms with van der Waals surface area (Å²) in [5.41, 5.74) is 5.64. The Balaban J connectivity index is 3.64. The second-order valence-electron chi connectivity index (χ2n) is 3.98. The fourth-order valence-corrected chi connectivity index (χ4v) is 1.48. The molecular formula is C11H23NO. The van der Waals surface area contributed by atoms with Crippen LogP contribution < -0.4 is 5.73 Å². The Morgan fingerprint density at radius 1 is 1.31 bits per heavy atom. The first kappa shape index (κ1) is 12.6. The van der Waals surface area contributed by atoms with Gasteiger partial charge in [0.2, 0.25) is 0 Å². The van der Waals surface area contributed by atoms with E-state index in [1.54, 1.807) is 6.92 Å². The topological polar surface area (TPSA) is 43.1 Å². The van der Waals surface area contributed by atoms with E-state index in [0.717, 1.165) is 19.4 Å². The highest BCUT2D eigenvalue weighted by Gasteiger charge is 2.11. The fourth-order valence-electron chi connectivity index (χ4n) is 1.48. The van der Waals surface area contributed by atoms with Crippen molar-refractivity contribution in [2.24, 2.45) is 17.6 Å². The lowest BCUT2D eigenvalue weighted by Gasteiger charge is -2.15. The van der Waals surface area contributed by atoms with Crippen molar-refractivity contribution in [3.63, 3.8) is 0 Å². The third-order valence-electron chi connectivity index (χ3n) is 2.73. The molecular weight excluding hydrogens is 162 g/mol. The average molecular weight is 185 g/mol. The molecule has 2 N–H and O–H groups in total. The van der Waals surface area contributed by atoms with Crippen LogP contribution in [0.2, 0.25) is 0 Å². The van der Waals surface area contributed by atoms with E-state index in [1.165, 1.54) is 12.8 Å². The molecule has 2 atom stereocenters. The number of nitrogens with two attached hydrogens (primary N) is 1. The van der Waals surface area contributed by atoms with Gasteiger partial charge in [0.25, 0.3) is 0 Å². The number of ketones is 1. The fraction of sp³-hybridized carbons (Fsp3) is 0.909. The lowest BCUT2D eigenvalue weighted by atomic mass is 9.92. The smallest absolute Gasteiger partial charge is 0.132 e. The largest absolute Gasteiger partial charge is 0.330 e. The van der Waals surface area contributed by atoms with Crippen molar-refractivity contribution >= 4 is 5.78 Å². The first-order valence-electron chi connectivity index (χ1n) is 5.32. The molecule has 0 fully saturated rings. The summed E-state index contributed by atoms with van der Waals surface area (Å²) in [5, 5.41) is 0. The maximum absolute atomic E-state index is 11.0. The molecule has 13 heavy (non-hydrogen) atoms. The zero-order valence-corrected chi connectivity index (χ0v) is 9.18. The normalized spacial score (nSPS) is 15.4. The molecule has 0 aliphatic carbocycles. The molecule has 0 aliphatic heterocycles. The molecule has 2 heteroatoms. The molecule has 0 aliphatic rings. The van der Waals surface area contributed by atoms with E-state index in [4.69, 9.17) is 5.73 Å². The molecule has 0 heterocycles. The van der Waals surface area contributed by atoms with Crippen molar-refractivity contribution in [1.82, 2.24) is 0 Å². The van der Waals surface area contributed by atoms with E-state index in [2.05, 4.69) is 6.92 Å². The van der Waals surface area contributed by atoms with Gasteiger partial charge in [0.15, 0.2) is 0 Å². The molecule has 0 saturated carbocycles. The van der Waals surface area contributed by atoms with Crippen LogP contribution in [0.4, 0.5) is 0 Å². The number of carbonyl (C=O) groups excluding carboxylic acids is 1. The van der Waals surface area contributed by atoms with Crippen molar-refractivity contribution in [2.45, 2.75) is 46.5 Å². The maximum atomic E-state index is 11.0. The van der Waals surface area contributed by atoms with Gasteiger partial charge in [-0.15, -0.1) is 0 Å². The zero-order chi connectivity index (χ0) is 10.3. The molecule has 0 radical (unpaired) electrons. The van der Waals surface area contributed by atoms with Gasteiger partial charge in [-0.25, -0.2) is 0 Å². The quantitative estimate of drug-likeness (QED) is 0.661. The van der Waals surface area contributed by atoms with Crippen LogP contribution in [-0.4, -0.2) is 12.3 Å². The highest BCUT2D eigenvalue weighted by Crippen LogP contribution is 2.16. The Hall–Kier alpha value is -0.370. The van der Waals surface area contributed by atoms with Crippen molar-refractivity contribution < 1.29 is 4.79 Å². The maximum Gasteiger partial charge on any atom is 0.132 e. The molecule has 0 aromatic heterocycles. The second-order valence-corrected chi connectivity index (χ2v) is 3.98. The molecule has 2 nitrogen and oxygen atoms in total. The van der Waals surface area contributed by atoms with Gasteiger partial charge in [-0.05, 0) is 38.6 Å². The monoisotopic (exact) mass is 185 g/mol. The van der Waals surface area contributed by atoms with E-state index in [1.807, 2.05) is 6.92 Å². The number of hydrogen-bond donors (Lipinski definition) is 1. The zero-order valence-electron chi connectivity index (χ0n) is 9.18. The minimum Gasteiger partial charge on any atom is -0.330 e. The van der Waals surface area contributed by atoms with Gasteiger partial charge in [0, 0.05) is 5.92 Å². The SMILES string of the molecule is CCCC(CN)CCC(C)C(C)=O. The Labute approximate surface area is 81.9 Å². The summed E-state index contributed by atoms with van der Waals surface area (Å²) in [6.07, 6.45) is 4.49. The molecule has 0 rings (SSSR count). The lowest BCUT2D eigenvalue weighted by Crippen LogP contribution is -2.16. The second kappa shape index (κ2) is 7.07. The van der Waals surface area contributed by atoms with E-state index >= 15 is 0 Å². The number of rotatable bonds is 7. The summed E-state index contributed by atoms with van der Waals surface area (Å²) >= 11 is 0. The minimum atomic E-state index is 0.214. The predicted octanol–water partition coefficient (Wildman–Crippen LogP) is 2.37. The highest BCUT2D eigenvalue weighted by molar-refractivity contribution is 5.77. The van der Waals surface area contributed by atoms with Gasteiger partial charge < -0.3 is 5.73 Å². The van der Waals surface area contributed by atoms with Crippen molar-refractivity contribution in [2.75, 3.05) is 6.54 Å². The van der Waals surface area contributed by atoms with E-state index < -0.39 is 0 Å². The molecule has 0 bridgehead atoms. The van der Waals surface area contributed by atoms with Crippen LogP contribution in [0.25, 0.3) is 0 Å². The van der Waals surface area contributed by atoms with Crippen molar-refractivity contribution in [3.05, 3.63) is 0 Å².